The van der Waals surface area contributed by atoms with Crippen LogP contribution < -0.4 is 5.09 Å². The first-order valence-corrected chi connectivity index (χ1v) is 10.8. The molecule has 0 aliphatic heterocycles. The highest BCUT2D eigenvalue weighted by Crippen LogP contribution is 2.46. The minimum absolute atomic E-state index is 0.263. The van der Waals surface area contributed by atoms with Crippen molar-refractivity contribution in [2.24, 2.45) is 4.99 Å². The number of nitrogens with zero attached hydrogens (tertiary/aromatic N) is 3. The zero-order chi connectivity index (χ0) is 19.2. The molecule has 6 nitrogen and oxygen atoms in total. The van der Waals surface area contributed by atoms with Gasteiger partial charge in [-0.15, -0.1) is 0 Å². The Hall–Kier alpha value is -2.04. The predicted octanol–water partition coefficient (Wildman–Crippen LogP) is 4.02. The fraction of sp³-hybridized carbons (Fsp3) is 0.421. The molecule has 1 heterocycles. The number of aliphatic imine (C=N–C) groups is 1. The van der Waals surface area contributed by atoms with E-state index in [-0.39, 0.29) is 11.4 Å². The lowest BCUT2D eigenvalue weighted by molar-refractivity contribution is 0.471. The van der Waals surface area contributed by atoms with Crippen LogP contribution in [-0.2, 0) is 11.0 Å². The number of aromatic nitrogens is 2. The van der Waals surface area contributed by atoms with E-state index in [1.165, 1.54) is 0 Å². The molecule has 2 unspecified atom stereocenters. The molecule has 0 bridgehead atoms. The van der Waals surface area contributed by atoms with Gasteiger partial charge >= 0.3 is 0 Å². The minimum atomic E-state index is -2.66. The maximum absolute atomic E-state index is 13.4. The molecule has 2 rings (SSSR count). The van der Waals surface area contributed by atoms with Gasteiger partial charge in [0.1, 0.15) is 5.75 Å². The summed E-state index contributed by atoms with van der Waals surface area (Å²) in [6.07, 6.45) is 6.11. The van der Waals surface area contributed by atoms with Gasteiger partial charge in [-0.1, -0.05) is 26.0 Å². The van der Waals surface area contributed by atoms with Gasteiger partial charge < -0.3 is 9.67 Å². The van der Waals surface area contributed by atoms with E-state index in [2.05, 4.69) is 20.0 Å². The minimum Gasteiger partial charge on any atom is -0.508 e. The zero-order valence-corrected chi connectivity index (χ0v) is 16.7. The van der Waals surface area contributed by atoms with E-state index >= 15 is 0 Å². The molecular formula is C19H27N4O2P. The van der Waals surface area contributed by atoms with Gasteiger partial charge in [-0.05, 0) is 44.0 Å². The molecule has 140 valence electrons. The average Bonchev–Trinajstić information content (AvgIpc) is 2.63. The highest BCUT2D eigenvalue weighted by atomic mass is 31.2. The lowest BCUT2D eigenvalue weighted by Crippen LogP contribution is -2.25. The standard InChI is InChI=1S/C19H27N4O2P/c1-5-23-26(25,6-2)17(10-16-7-8-18(24)14(3)9-16)12-22-19-13-20-15(4)11-21-19/h7-9,11-13,17,24H,5-6,10H2,1-4H3,(H,23,25). The van der Waals surface area contributed by atoms with E-state index in [9.17, 15) is 9.67 Å². The summed E-state index contributed by atoms with van der Waals surface area (Å²) in [6, 6.07) is 5.46. The molecule has 0 saturated carbocycles. The summed E-state index contributed by atoms with van der Waals surface area (Å²) in [7, 11) is -2.66. The Morgan fingerprint density at radius 1 is 1.27 bits per heavy atom. The molecular weight excluding hydrogens is 347 g/mol. The van der Waals surface area contributed by atoms with E-state index in [0.717, 1.165) is 16.8 Å². The molecule has 0 aliphatic rings. The van der Waals surface area contributed by atoms with Crippen LogP contribution in [0, 0.1) is 13.8 Å². The number of hydrogen-bond acceptors (Lipinski definition) is 5. The Bertz CT molecular complexity index is 806. The Morgan fingerprint density at radius 2 is 2.04 bits per heavy atom. The predicted molar refractivity (Wildman–Crippen MR) is 107 cm³/mol. The molecule has 0 amide bonds. The van der Waals surface area contributed by atoms with Gasteiger partial charge in [0, 0.05) is 12.4 Å². The van der Waals surface area contributed by atoms with Crippen molar-refractivity contribution in [2.75, 3.05) is 12.7 Å². The maximum atomic E-state index is 13.4. The van der Waals surface area contributed by atoms with Crippen LogP contribution in [-0.4, -0.2) is 39.7 Å². The van der Waals surface area contributed by atoms with Gasteiger partial charge in [-0.25, -0.2) is 9.98 Å². The lowest BCUT2D eigenvalue weighted by atomic mass is 10.1. The number of phenols is 1. The molecule has 2 atom stereocenters. The summed E-state index contributed by atoms with van der Waals surface area (Å²) in [4.78, 5) is 12.8. The number of hydrogen-bond donors (Lipinski definition) is 2. The average molecular weight is 374 g/mol. The summed E-state index contributed by atoms with van der Waals surface area (Å²) in [5.41, 5.74) is 2.38. The van der Waals surface area contributed by atoms with Gasteiger partial charge in [0.15, 0.2) is 13.1 Å². The second-order valence-electron chi connectivity index (χ2n) is 6.31. The second kappa shape index (κ2) is 9.06. The molecule has 1 aromatic heterocycles. The van der Waals surface area contributed by atoms with Crippen molar-refractivity contribution in [1.82, 2.24) is 15.1 Å². The van der Waals surface area contributed by atoms with Gasteiger partial charge in [-0.2, -0.15) is 0 Å². The highest BCUT2D eigenvalue weighted by Gasteiger charge is 2.29. The van der Waals surface area contributed by atoms with Crippen molar-refractivity contribution in [3.63, 3.8) is 0 Å². The van der Waals surface area contributed by atoms with Crippen molar-refractivity contribution >= 4 is 19.3 Å². The van der Waals surface area contributed by atoms with Crippen molar-refractivity contribution in [3.8, 4) is 5.75 Å². The summed E-state index contributed by atoms with van der Waals surface area (Å²) in [6.45, 7) is 8.24. The summed E-state index contributed by atoms with van der Waals surface area (Å²) in [5, 5.41) is 12.9. The van der Waals surface area contributed by atoms with Crippen molar-refractivity contribution in [3.05, 3.63) is 47.4 Å². The molecule has 26 heavy (non-hydrogen) atoms. The molecule has 2 N–H and O–H groups in total. The van der Waals surface area contributed by atoms with E-state index in [1.807, 2.05) is 39.8 Å². The highest BCUT2D eigenvalue weighted by molar-refractivity contribution is 7.63. The van der Waals surface area contributed by atoms with E-state index in [1.54, 1.807) is 24.7 Å². The fourth-order valence-corrected chi connectivity index (χ4v) is 4.99. The molecule has 1 aromatic carbocycles. The van der Waals surface area contributed by atoms with Crippen LogP contribution in [0.2, 0.25) is 0 Å². The Kier molecular flexibility index (Phi) is 7.06. The van der Waals surface area contributed by atoms with Gasteiger partial charge in [0.25, 0.3) is 0 Å². The van der Waals surface area contributed by atoms with Crippen LogP contribution in [0.25, 0.3) is 0 Å². The molecule has 0 fully saturated rings. The Morgan fingerprint density at radius 3 is 2.62 bits per heavy atom. The smallest absolute Gasteiger partial charge is 0.170 e. The number of benzene rings is 1. The van der Waals surface area contributed by atoms with E-state index < -0.39 is 7.29 Å². The SMILES string of the molecule is CCNP(=O)(CC)C(C=Nc1cnc(C)cn1)Cc1ccc(O)c(C)c1. The van der Waals surface area contributed by atoms with Gasteiger partial charge in [0.2, 0.25) is 0 Å². The monoisotopic (exact) mass is 374 g/mol. The zero-order valence-electron chi connectivity index (χ0n) is 15.8. The first kappa shape index (κ1) is 20.3. The van der Waals surface area contributed by atoms with Crippen molar-refractivity contribution < 1.29 is 9.67 Å². The molecule has 0 radical (unpaired) electrons. The third kappa shape index (κ3) is 5.23. The van der Waals surface area contributed by atoms with E-state index in [0.29, 0.717) is 24.9 Å². The normalized spacial score (nSPS) is 15.1. The van der Waals surface area contributed by atoms with Crippen LogP contribution in [0.15, 0.2) is 35.6 Å². The molecule has 0 aliphatic carbocycles. The van der Waals surface area contributed by atoms with Crippen LogP contribution in [0.4, 0.5) is 5.82 Å². The molecule has 0 spiro atoms. The topological polar surface area (TPSA) is 87.5 Å². The first-order chi connectivity index (χ1) is 12.4. The fourth-order valence-electron chi connectivity index (χ4n) is 2.74. The Balaban J connectivity index is 2.32. The van der Waals surface area contributed by atoms with Crippen LogP contribution in [0.1, 0.15) is 30.7 Å². The number of rotatable bonds is 8. The summed E-state index contributed by atoms with van der Waals surface area (Å²) >= 11 is 0. The third-order valence-electron chi connectivity index (χ3n) is 4.28. The van der Waals surface area contributed by atoms with Gasteiger partial charge in [-0.3, -0.25) is 10.1 Å². The number of phenolic OH excluding ortho intramolecular Hbond substituents is 1. The van der Waals surface area contributed by atoms with Crippen LogP contribution in [0.5, 0.6) is 5.75 Å². The number of aryl methyl sites for hydroxylation is 2. The van der Waals surface area contributed by atoms with E-state index in [4.69, 9.17) is 0 Å². The quantitative estimate of drug-likeness (QED) is 0.538. The van der Waals surface area contributed by atoms with Crippen LogP contribution >= 0.6 is 7.29 Å². The van der Waals surface area contributed by atoms with Crippen molar-refractivity contribution in [2.45, 2.75) is 39.8 Å². The molecule has 0 saturated heterocycles. The Labute approximate surface area is 155 Å². The maximum Gasteiger partial charge on any atom is 0.170 e. The third-order valence-corrected chi connectivity index (χ3v) is 7.46. The molecule has 2 aromatic rings. The summed E-state index contributed by atoms with van der Waals surface area (Å²) in [5.74, 6) is 0.765. The van der Waals surface area contributed by atoms with Crippen LogP contribution in [0.3, 0.4) is 0 Å². The largest absolute Gasteiger partial charge is 0.508 e. The van der Waals surface area contributed by atoms with Crippen molar-refractivity contribution in [1.29, 1.82) is 0 Å². The van der Waals surface area contributed by atoms with Gasteiger partial charge in [0.05, 0.1) is 23.7 Å². The first-order valence-electron chi connectivity index (χ1n) is 8.83. The number of nitrogens with one attached hydrogen (secondary N) is 1. The summed E-state index contributed by atoms with van der Waals surface area (Å²) < 4.78 is 13.4. The lowest BCUT2D eigenvalue weighted by Gasteiger charge is -2.25. The number of aromatic hydroxyl groups is 1. The molecule has 7 heteroatoms. The second-order valence-corrected chi connectivity index (χ2v) is 9.51.